The van der Waals surface area contributed by atoms with Crippen molar-refractivity contribution in [3.05, 3.63) is 144 Å². The Bertz CT molecular complexity index is 4070. The molecule has 0 heterocycles. The van der Waals surface area contributed by atoms with E-state index in [-0.39, 0.29) is 89.3 Å². The van der Waals surface area contributed by atoms with Crippen LogP contribution in [-0.4, -0.2) is 152 Å². The summed E-state index contributed by atoms with van der Waals surface area (Å²) in [5.74, 6) is -4.89. The molecule has 5 aromatic rings. The lowest BCUT2D eigenvalue weighted by atomic mass is 10.1. The number of halogens is 12. The molecule has 0 aromatic heterocycles. The van der Waals surface area contributed by atoms with Crippen molar-refractivity contribution in [3.8, 4) is 52.9 Å². The Morgan fingerprint density at radius 2 is 0.724 bits per heavy atom. The lowest BCUT2D eigenvalue weighted by molar-refractivity contribution is -0.151. The molecule has 24 nitrogen and oxygen atoms in total. The van der Waals surface area contributed by atoms with Crippen LogP contribution >= 0.6 is 31.9 Å². The molecule has 0 aliphatic rings. The van der Waals surface area contributed by atoms with Crippen molar-refractivity contribution in [2.45, 2.75) is 204 Å². The molecule has 0 saturated carbocycles. The second-order valence-electron chi connectivity index (χ2n) is 27.9. The Balaban J connectivity index is 0.00000141. The normalized spacial score (nSPS) is 11.8. The Morgan fingerprint density at radius 3 is 1.09 bits per heavy atom. The molecule has 0 unspecified atom stereocenters. The SMILES string of the molecule is C#CCNC(=O)OC(C)(C)C.CCOC(=O)[C@@H](C)Oc1cc(F)c(F)cc1Br.CCOC(=O)[C@@H](C)Oc1cc(F)c(F)cc1C#CCNC(=O)OC(C)(C)C.CCOC(=O)[C@@H](C)Oc1cc(F)c(F)cc1CCCNC(=O)OC(C)(C)C.C[C@H](CO)Oc1cc(F)c(F)cc1CCCNC(=O)OC(C)(C)C.Oc1cc(F)c(F)cc1Br. The molecule has 0 aliphatic heterocycles. The topological polar surface area (TPSA) is 310 Å². The number of phenolic OH excluding ortho intramolecular Hbond substituents is 1. The molecule has 0 fully saturated rings. The lowest BCUT2D eigenvalue weighted by Gasteiger charge is -2.20. The molecule has 5 rings (SSSR count). The van der Waals surface area contributed by atoms with Crippen molar-refractivity contribution in [2.24, 2.45) is 0 Å². The fourth-order valence-corrected chi connectivity index (χ4v) is 8.63. The number of rotatable bonds is 25. The van der Waals surface area contributed by atoms with Crippen molar-refractivity contribution in [1.29, 1.82) is 0 Å². The van der Waals surface area contributed by atoms with Gasteiger partial charge in [0.05, 0.1) is 54.0 Å². The predicted molar refractivity (Wildman–Crippen MR) is 415 cm³/mol. The van der Waals surface area contributed by atoms with E-state index in [1.165, 1.54) is 20.8 Å². The zero-order valence-electron chi connectivity index (χ0n) is 67.9. The molecule has 0 saturated heterocycles. The van der Waals surface area contributed by atoms with Crippen LogP contribution in [0.3, 0.4) is 0 Å². The van der Waals surface area contributed by atoms with Crippen LogP contribution in [0, 0.1) is 82.4 Å². The fourth-order valence-electron chi connectivity index (χ4n) is 7.90. The summed E-state index contributed by atoms with van der Waals surface area (Å²) >= 11 is 5.84. The number of esters is 3. The van der Waals surface area contributed by atoms with Crippen molar-refractivity contribution in [1.82, 2.24) is 21.3 Å². The average Bonchev–Trinajstić information content (AvgIpc) is 0.841. The predicted octanol–water partition coefficient (Wildman–Crippen LogP) is 16.7. The van der Waals surface area contributed by atoms with Gasteiger partial charge in [0.15, 0.2) is 76.5 Å². The molecule has 646 valence electrons. The maximum Gasteiger partial charge on any atom is 0.408 e. The van der Waals surface area contributed by atoms with Gasteiger partial charge in [0.2, 0.25) is 0 Å². The Hall–Kier alpha value is -10.1. The van der Waals surface area contributed by atoms with Gasteiger partial charge in [-0.1, -0.05) is 17.8 Å². The van der Waals surface area contributed by atoms with E-state index >= 15 is 0 Å². The van der Waals surface area contributed by atoms with Crippen LogP contribution in [0.15, 0.2) is 69.6 Å². The molecule has 0 radical (unpaired) electrons. The van der Waals surface area contributed by atoms with E-state index in [4.69, 9.17) is 68.7 Å². The van der Waals surface area contributed by atoms with Gasteiger partial charge in [0.1, 0.15) is 57.3 Å². The largest absolute Gasteiger partial charge is 0.507 e. The Morgan fingerprint density at radius 1 is 0.422 bits per heavy atom. The standard InChI is InChI=1S/C19H27F2NO5.C19H23F2NO5.C17H25F2NO4.C11H11BrF2O3.C8H13NO2.C6H3BrF2O/c2*1-6-25-17(23)12(2)26-16-11-15(21)14(20)10-13(16)8-7-9-22-18(24)27-19(3,4)5;1-11(10-21)23-15-9-14(19)13(18)8-12(15)6-5-7-20-16(22)24-17(2,3)4;1-3-16-11(15)6(2)17-10-5-9(14)8(13)4-7(10)12;1-5-6-9-7(10)11-8(2,3)4;7-3-1-4(8)5(9)2-6(3)10/h10-12H,6-9H2,1-5H3,(H,22,24);10-12H,6,9H2,1-5H3,(H,22,24);8-9,11,21H,5-7,10H2,1-4H3,(H,20,22);4-6H,3H2,1-2H3;1H,6H2,2-4H3,(H,9,10);1-2,10H/t2*12-;11-;6-;;/m1111../s1. The van der Waals surface area contributed by atoms with Crippen molar-refractivity contribution < 1.29 is 140 Å². The number of alkyl carbamates (subject to hydrolysis) is 4. The summed E-state index contributed by atoms with van der Waals surface area (Å²) in [7, 11) is 0. The molecule has 0 aliphatic carbocycles. The number of ether oxygens (including phenoxy) is 11. The minimum absolute atomic E-state index is 0.0241. The van der Waals surface area contributed by atoms with Crippen LogP contribution in [0.2, 0.25) is 0 Å². The fraction of sp³-hybridized carbons (Fsp3) is 0.487. The van der Waals surface area contributed by atoms with Crippen LogP contribution in [0.25, 0.3) is 0 Å². The smallest absolute Gasteiger partial charge is 0.408 e. The van der Waals surface area contributed by atoms with E-state index < -0.39 is 147 Å². The zero-order valence-corrected chi connectivity index (χ0v) is 71.1. The molecule has 6 N–H and O–H groups in total. The number of carbonyl (C=O) groups is 7. The summed E-state index contributed by atoms with van der Waals surface area (Å²) in [5, 5.41) is 27.8. The summed E-state index contributed by atoms with van der Waals surface area (Å²) in [6, 6.07) is 9.00. The number of nitrogens with one attached hydrogen (secondary N) is 4. The summed E-state index contributed by atoms with van der Waals surface area (Å²) in [6.45, 7) is 33.1. The third-order valence-corrected chi connectivity index (χ3v) is 14.1. The van der Waals surface area contributed by atoms with Gasteiger partial charge in [-0.2, -0.15) is 0 Å². The molecule has 116 heavy (non-hydrogen) atoms. The molecule has 5 aromatic carbocycles. The van der Waals surface area contributed by atoms with Crippen LogP contribution in [0.1, 0.15) is 161 Å². The van der Waals surface area contributed by atoms with Gasteiger partial charge in [-0.05, 0) is 231 Å². The monoisotopic (exact) mass is 1790 g/mol. The summed E-state index contributed by atoms with van der Waals surface area (Å²) < 4.78 is 188. The van der Waals surface area contributed by atoms with Crippen LogP contribution in [-0.2, 0) is 60.4 Å². The van der Waals surface area contributed by atoms with Gasteiger partial charge in [-0.15, -0.1) is 6.42 Å². The van der Waals surface area contributed by atoms with E-state index in [0.717, 1.165) is 54.6 Å². The Kier molecular flexibility index (Phi) is 47.9. The molecule has 0 spiro atoms. The first-order valence-electron chi connectivity index (χ1n) is 35.7. The third-order valence-electron chi connectivity index (χ3n) is 12.8. The lowest BCUT2D eigenvalue weighted by Crippen LogP contribution is -2.33. The first-order valence-corrected chi connectivity index (χ1v) is 37.3. The highest BCUT2D eigenvalue weighted by molar-refractivity contribution is 9.11. The number of aromatic hydroxyl groups is 1. The van der Waals surface area contributed by atoms with E-state index in [1.807, 2.05) is 0 Å². The number of amides is 4. The van der Waals surface area contributed by atoms with Crippen molar-refractivity contribution in [2.75, 3.05) is 52.6 Å². The zero-order chi connectivity index (χ0) is 89.2. The first-order chi connectivity index (χ1) is 53.7. The number of hydrogen-bond acceptors (Lipinski definition) is 20. The van der Waals surface area contributed by atoms with Gasteiger partial charge in [-0.3, -0.25) is 0 Å². The number of benzene rings is 5. The number of aliphatic hydroxyl groups is 1. The van der Waals surface area contributed by atoms with Gasteiger partial charge < -0.3 is 83.6 Å². The van der Waals surface area contributed by atoms with Crippen molar-refractivity contribution >= 4 is 74.1 Å². The second-order valence-corrected chi connectivity index (χ2v) is 29.6. The molecule has 4 atom stereocenters. The Labute approximate surface area is 685 Å². The number of terminal acetylenes is 1. The number of phenols is 1. The van der Waals surface area contributed by atoms with E-state index in [0.29, 0.717) is 49.4 Å². The van der Waals surface area contributed by atoms with Gasteiger partial charge in [0.25, 0.3) is 0 Å². The van der Waals surface area contributed by atoms with Crippen LogP contribution in [0.5, 0.6) is 28.7 Å². The first kappa shape index (κ1) is 106. The highest BCUT2D eigenvalue weighted by Crippen LogP contribution is 2.31. The number of aliphatic hydroxyl groups excluding tert-OH is 1. The molecular weight excluding hydrogens is 1690 g/mol. The molecule has 4 amide bonds. The minimum Gasteiger partial charge on any atom is -0.507 e. The van der Waals surface area contributed by atoms with E-state index in [9.17, 15) is 77.5 Å². The number of hydrogen-bond donors (Lipinski definition) is 6. The number of carbonyl (C=O) groups excluding carboxylic acids is 7. The summed E-state index contributed by atoms with van der Waals surface area (Å²) in [6.07, 6.45) is 0.890. The minimum atomic E-state index is -1.14. The third kappa shape index (κ3) is 46.5. The second kappa shape index (κ2) is 52.5. The van der Waals surface area contributed by atoms with Gasteiger partial charge in [0, 0.05) is 43.4 Å². The van der Waals surface area contributed by atoms with E-state index in [1.54, 1.807) is 111 Å². The van der Waals surface area contributed by atoms with Gasteiger partial charge >= 0.3 is 42.3 Å². The van der Waals surface area contributed by atoms with E-state index in [2.05, 4.69) is 70.9 Å². The maximum absolute atomic E-state index is 13.6. The van der Waals surface area contributed by atoms with Crippen LogP contribution < -0.4 is 40.2 Å². The quantitative estimate of drug-likeness (QED) is 0.00790. The highest BCUT2D eigenvalue weighted by atomic mass is 79.9. The maximum atomic E-state index is 13.6. The summed E-state index contributed by atoms with van der Waals surface area (Å²) in [4.78, 5) is 80.1. The highest BCUT2D eigenvalue weighted by Gasteiger charge is 2.25. The average molecular weight is 1790 g/mol. The molecule has 36 heteroatoms. The van der Waals surface area contributed by atoms with Gasteiger partial charge in [-0.25, -0.2) is 77.5 Å². The molecule has 0 bridgehead atoms. The molecular formula is C80H102Br2F10N4O20. The number of aryl methyl sites for hydroxylation is 2. The summed E-state index contributed by atoms with van der Waals surface area (Å²) in [5.41, 5.74) is -1.41. The van der Waals surface area contributed by atoms with Crippen molar-refractivity contribution in [3.63, 3.8) is 0 Å². The van der Waals surface area contributed by atoms with Crippen LogP contribution in [0.4, 0.5) is 63.1 Å².